The first kappa shape index (κ1) is 15.0. The molecule has 0 aliphatic heterocycles. The molecule has 2 N–H and O–H groups in total. The average molecular weight is 275 g/mol. The van der Waals surface area contributed by atoms with E-state index in [1.807, 2.05) is 0 Å². The maximum atomic E-state index is 10.9. The molecule has 1 aliphatic rings. The maximum Gasteiger partial charge on any atom is 0.306 e. The number of carboxylic acids is 1. The van der Waals surface area contributed by atoms with Gasteiger partial charge >= 0.3 is 5.97 Å². The number of aliphatic carboxylic acids is 1. The average Bonchev–Trinajstić information content (AvgIpc) is 2.49. The molecule has 2 rings (SSSR count). The van der Waals surface area contributed by atoms with Crippen molar-refractivity contribution in [3.05, 3.63) is 35.9 Å². The van der Waals surface area contributed by atoms with Crippen molar-refractivity contribution in [1.29, 1.82) is 0 Å². The van der Waals surface area contributed by atoms with Crippen molar-refractivity contribution in [1.82, 2.24) is 5.32 Å². The first-order chi connectivity index (χ1) is 9.70. The molecule has 20 heavy (non-hydrogen) atoms. The highest BCUT2D eigenvalue weighted by Crippen LogP contribution is 2.25. The summed E-state index contributed by atoms with van der Waals surface area (Å²) >= 11 is 0. The van der Waals surface area contributed by atoms with Crippen molar-refractivity contribution in [3.63, 3.8) is 0 Å². The number of rotatable bonds is 6. The molecule has 110 valence electrons. The SMILES string of the molecule is CCC(CNC1CCC(C(=O)O)CC1)c1ccccc1. The van der Waals surface area contributed by atoms with Crippen LogP contribution in [0.1, 0.15) is 50.5 Å². The maximum absolute atomic E-state index is 10.9. The van der Waals surface area contributed by atoms with E-state index in [0.717, 1.165) is 38.6 Å². The molecule has 3 heteroatoms. The summed E-state index contributed by atoms with van der Waals surface area (Å²) in [6.45, 7) is 3.21. The molecule has 0 radical (unpaired) electrons. The van der Waals surface area contributed by atoms with E-state index in [0.29, 0.717) is 12.0 Å². The minimum absolute atomic E-state index is 0.121. The molecule has 1 aromatic carbocycles. The third-order valence-corrected chi connectivity index (χ3v) is 4.49. The lowest BCUT2D eigenvalue weighted by molar-refractivity contribution is -0.142. The minimum atomic E-state index is -0.626. The molecule has 1 saturated carbocycles. The highest BCUT2D eigenvalue weighted by molar-refractivity contribution is 5.70. The summed E-state index contributed by atoms with van der Waals surface area (Å²) in [5.41, 5.74) is 1.39. The van der Waals surface area contributed by atoms with Crippen molar-refractivity contribution in [2.24, 2.45) is 5.92 Å². The fourth-order valence-electron chi connectivity index (χ4n) is 3.08. The molecule has 0 heterocycles. The van der Waals surface area contributed by atoms with Crippen molar-refractivity contribution in [3.8, 4) is 0 Å². The van der Waals surface area contributed by atoms with Gasteiger partial charge in [-0.15, -0.1) is 0 Å². The predicted octanol–water partition coefficient (Wildman–Crippen LogP) is 3.41. The number of carbonyl (C=O) groups is 1. The van der Waals surface area contributed by atoms with Gasteiger partial charge in [-0.2, -0.15) is 0 Å². The van der Waals surface area contributed by atoms with Gasteiger partial charge in [0.2, 0.25) is 0 Å². The second kappa shape index (κ2) is 7.44. The fourth-order valence-corrected chi connectivity index (χ4v) is 3.08. The van der Waals surface area contributed by atoms with Crippen LogP contribution in [-0.2, 0) is 4.79 Å². The van der Waals surface area contributed by atoms with Gasteiger partial charge < -0.3 is 10.4 Å². The zero-order valence-corrected chi connectivity index (χ0v) is 12.2. The van der Waals surface area contributed by atoms with Crippen molar-refractivity contribution >= 4 is 5.97 Å². The summed E-state index contributed by atoms with van der Waals surface area (Å²) in [7, 11) is 0. The molecule has 1 unspecified atom stereocenters. The van der Waals surface area contributed by atoms with E-state index in [-0.39, 0.29) is 5.92 Å². The summed E-state index contributed by atoms with van der Waals surface area (Å²) in [6.07, 6.45) is 4.73. The normalized spacial score (nSPS) is 24.2. The van der Waals surface area contributed by atoms with Gasteiger partial charge in [0.05, 0.1) is 5.92 Å². The van der Waals surface area contributed by atoms with E-state index < -0.39 is 5.97 Å². The van der Waals surface area contributed by atoms with E-state index in [1.54, 1.807) is 0 Å². The summed E-state index contributed by atoms with van der Waals surface area (Å²) in [5.74, 6) is -0.197. The van der Waals surface area contributed by atoms with Crippen LogP contribution in [0.2, 0.25) is 0 Å². The lowest BCUT2D eigenvalue weighted by Gasteiger charge is -2.28. The van der Waals surface area contributed by atoms with Crippen molar-refractivity contribution in [2.75, 3.05) is 6.54 Å². The molecule has 1 aromatic rings. The number of hydrogen-bond acceptors (Lipinski definition) is 2. The zero-order valence-electron chi connectivity index (χ0n) is 12.2. The van der Waals surface area contributed by atoms with E-state index in [2.05, 4.69) is 42.6 Å². The summed E-state index contributed by atoms with van der Waals surface area (Å²) < 4.78 is 0. The second-order valence-electron chi connectivity index (χ2n) is 5.81. The Kier molecular flexibility index (Phi) is 5.60. The molecular formula is C17H25NO2. The Bertz CT molecular complexity index is 410. The van der Waals surface area contributed by atoms with Gasteiger partial charge in [-0.1, -0.05) is 37.3 Å². The monoisotopic (exact) mass is 275 g/mol. The largest absolute Gasteiger partial charge is 0.481 e. The molecule has 1 aliphatic carbocycles. The van der Waals surface area contributed by atoms with Crippen molar-refractivity contribution < 1.29 is 9.90 Å². The Balaban J connectivity index is 1.79. The summed E-state index contributed by atoms with van der Waals surface area (Å²) in [5, 5.41) is 12.6. The highest BCUT2D eigenvalue weighted by Gasteiger charge is 2.25. The van der Waals surface area contributed by atoms with Gasteiger partial charge in [-0.3, -0.25) is 4.79 Å². The van der Waals surface area contributed by atoms with Crippen LogP contribution in [0.4, 0.5) is 0 Å². The first-order valence-corrected chi connectivity index (χ1v) is 7.71. The Hall–Kier alpha value is -1.35. The Morgan fingerprint density at radius 1 is 1.25 bits per heavy atom. The summed E-state index contributed by atoms with van der Waals surface area (Å²) in [4.78, 5) is 10.9. The van der Waals surface area contributed by atoms with Gasteiger partial charge in [0.25, 0.3) is 0 Å². The third kappa shape index (κ3) is 4.07. The summed E-state index contributed by atoms with van der Waals surface area (Å²) in [6, 6.07) is 11.1. The lowest BCUT2D eigenvalue weighted by Crippen LogP contribution is -2.37. The molecule has 0 spiro atoms. The minimum Gasteiger partial charge on any atom is -0.481 e. The highest BCUT2D eigenvalue weighted by atomic mass is 16.4. The first-order valence-electron chi connectivity index (χ1n) is 7.71. The van der Waals surface area contributed by atoms with Gasteiger partial charge in [0, 0.05) is 12.6 Å². The van der Waals surface area contributed by atoms with E-state index in [1.165, 1.54) is 5.56 Å². The predicted molar refractivity (Wildman–Crippen MR) is 80.9 cm³/mol. The number of nitrogens with one attached hydrogen (secondary N) is 1. The molecular weight excluding hydrogens is 250 g/mol. The third-order valence-electron chi connectivity index (χ3n) is 4.49. The van der Waals surface area contributed by atoms with Crippen LogP contribution < -0.4 is 5.32 Å². The van der Waals surface area contributed by atoms with Crippen LogP contribution in [0, 0.1) is 5.92 Å². The van der Waals surface area contributed by atoms with E-state index in [4.69, 9.17) is 5.11 Å². The standard InChI is InChI=1S/C17H25NO2/c1-2-13(14-6-4-3-5-7-14)12-18-16-10-8-15(9-11-16)17(19)20/h3-7,13,15-16,18H,2,8-12H2,1H3,(H,19,20). The topological polar surface area (TPSA) is 49.3 Å². The fraction of sp³-hybridized carbons (Fsp3) is 0.588. The molecule has 0 amide bonds. The van der Waals surface area contributed by atoms with Gasteiger partial charge in [0.1, 0.15) is 0 Å². The smallest absolute Gasteiger partial charge is 0.306 e. The van der Waals surface area contributed by atoms with E-state index >= 15 is 0 Å². The zero-order chi connectivity index (χ0) is 14.4. The van der Waals surface area contributed by atoms with Crippen LogP contribution >= 0.6 is 0 Å². The Morgan fingerprint density at radius 2 is 1.90 bits per heavy atom. The number of carboxylic acid groups (broad SMARTS) is 1. The van der Waals surface area contributed by atoms with Crippen LogP contribution in [0.25, 0.3) is 0 Å². The Morgan fingerprint density at radius 3 is 2.45 bits per heavy atom. The molecule has 3 nitrogen and oxygen atoms in total. The van der Waals surface area contributed by atoms with Crippen molar-refractivity contribution in [2.45, 2.75) is 51.0 Å². The second-order valence-corrected chi connectivity index (χ2v) is 5.81. The molecule has 0 aromatic heterocycles. The molecule has 0 bridgehead atoms. The van der Waals surface area contributed by atoms with Crippen LogP contribution in [0.15, 0.2) is 30.3 Å². The van der Waals surface area contributed by atoms with Crippen LogP contribution in [0.5, 0.6) is 0 Å². The van der Waals surface area contributed by atoms with Gasteiger partial charge in [-0.25, -0.2) is 0 Å². The van der Waals surface area contributed by atoms with Gasteiger partial charge in [0.15, 0.2) is 0 Å². The molecule has 1 fully saturated rings. The van der Waals surface area contributed by atoms with Crippen LogP contribution in [0.3, 0.4) is 0 Å². The number of hydrogen-bond donors (Lipinski definition) is 2. The van der Waals surface area contributed by atoms with Crippen LogP contribution in [-0.4, -0.2) is 23.7 Å². The van der Waals surface area contributed by atoms with Gasteiger partial charge in [-0.05, 0) is 43.6 Å². The molecule has 0 saturated heterocycles. The van der Waals surface area contributed by atoms with E-state index in [9.17, 15) is 4.79 Å². The lowest BCUT2D eigenvalue weighted by atomic mass is 9.85. The quantitative estimate of drug-likeness (QED) is 0.836. The Labute approximate surface area is 121 Å². The molecule has 1 atom stereocenters. The number of benzene rings is 1.